The number of amides is 1. The molecule has 0 bridgehead atoms. The Morgan fingerprint density at radius 3 is 2.40 bits per heavy atom. The molecule has 0 fully saturated rings. The Morgan fingerprint density at radius 2 is 1.90 bits per heavy atom. The van der Waals surface area contributed by atoms with E-state index in [1.807, 2.05) is 11.8 Å². The van der Waals surface area contributed by atoms with E-state index < -0.39 is 0 Å². The van der Waals surface area contributed by atoms with Crippen LogP contribution in [0.1, 0.15) is 30.6 Å². The number of ketones is 1. The molecule has 20 heavy (non-hydrogen) atoms. The Hall–Kier alpha value is -1.72. The lowest BCUT2D eigenvalue weighted by molar-refractivity contribution is -0.117. The van der Waals surface area contributed by atoms with Gasteiger partial charge in [-0.1, -0.05) is 6.92 Å². The molecule has 1 rings (SSSR count). The van der Waals surface area contributed by atoms with E-state index in [4.69, 9.17) is 5.11 Å². The van der Waals surface area contributed by atoms with Gasteiger partial charge in [-0.3, -0.25) is 14.5 Å². The second-order valence-electron chi connectivity index (χ2n) is 4.63. The van der Waals surface area contributed by atoms with Crippen LogP contribution in [0, 0.1) is 0 Å². The van der Waals surface area contributed by atoms with Crippen molar-refractivity contribution in [2.24, 2.45) is 0 Å². The summed E-state index contributed by atoms with van der Waals surface area (Å²) in [6.45, 7) is 5.37. The van der Waals surface area contributed by atoms with Gasteiger partial charge in [0.1, 0.15) is 0 Å². The number of rotatable bonds is 8. The third-order valence-electron chi connectivity index (χ3n) is 3.02. The van der Waals surface area contributed by atoms with Gasteiger partial charge < -0.3 is 10.4 Å². The van der Waals surface area contributed by atoms with E-state index in [-0.39, 0.29) is 18.3 Å². The number of aliphatic hydroxyl groups excluding tert-OH is 1. The quantitative estimate of drug-likeness (QED) is 0.708. The molecular formula is C15H22N2O3. The van der Waals surface area contributed by atoms with Crippen LogP contribution in [0.5, 0.6) is 0 Å². The second kappa shape index (κ2) is 8.45. The lowest BCUT2D eigenvalue weighted by atomic mass is 10.1. The molecular weight excluding hydrogens is 256 g/mol. The summed E-state index contributed by atoms with van der Waals surface area (Å²) < 4.78 is 0. The summed E-state index contributed by atoms with van der Waals surface area (Å²) >= 11 is 0. The summed E-state index contributed by atoms with van der Waals surface area (Å²) in [5.74, 6) is -0.0931. The number of hydrogen-bond donors (Lipinski definition) is 2. The number of Topliss-reactive ketones (excluding diaryl/α,β-unsaturated/α-hetero) is 1. The first-order chi connectivity index (χ1) is 9.56. The predicted octanol–water partition coefficient (Wildman–Crippen LogP) is 1.53. The number of likely N-dealkylation sites (N-methyl/N-ethyl adjacent to an activating group) is 1. The lowest BCUT2D eigenvalue weighted by Crippen LogP contribution is -2.34. The van der Waals surface area contributed by atoms with E-state index in [2.05, 4.69) is 5.32 Å². The zero-order valence-corrected chi connectivity index (χ0v) is 12.1. The lowest BCUT2D eigenvalue weighted by Gasteiger charge is -2.19. The molecule has 0 aliphatic rings. The average Bonchev–Trinajstić information content (AvgIpc) is 2.43. The van der Waals surface area contributed by atoms with E-state index in [9.17, 15) is 9.59 Å². The molecule has 0 atom stereocenters. The van der Waals surface area contributed by atoms with Crippen LogP contribution in [0.3, 0.4) is 0 Å². The Labute approximate surface area is 119 Å². The zero-order valence-electron chi connectivity index (χ0n) is 12.1. The first kappa shape index (κ1) is 16.3. The Morgan fingerprint density at radius 1 is 1.25 bits per heavy atom. The molecule has 0 heterocycles. The third kappa shape index (κ3) is 5.50. The van der Waals surface area contributed by atoms with Gasteiger partial charge in [0.15, 0.2) is 5.78 Å². The highest BCUT2D eigenvalue weighted by Gasteiger charge is 2.09. The summed E-state index contributed by atoms with van der Waals surface area (Å²) in [4.78, 5) is 25.0. The minimum Gasteiger partial charge on any atom is -0.396 e. The fourth-order valence-electron chi connectivity index (χ4n) is 1.84. The number of hydrogen-bond acceptors (Lipinski definition) is 4. The second-order valence-corrected chi connectivity index (χ2v) is 4.63. The maximum absolute atomic E-state index is 11.9. The molecule has 1 amide bonds. The normalized spacial score (nSPS) is 10.6. The van der Waals surface area contributed by atoms with Crippen molar-refractivity contribution in [2.45, 2.75) is 20.3 Å². The highest BCUT2D eigenvalue weighted by molar-refractivity contribution is 5.96. The number of nitrogens with one attached hydrogen (secondary N) is 1. The summed E-state index contributed by atoms with van der Waals surface area (Å²) in [5.41, 5.74) is 1.30. The molecule has 110 valence electrons. The van der Waals surface area contributed by atoms with Crippen molar-refractivity contribution in [1.29, 1.82) is 0 Å². The van der Waals surface area contributed by atoms with Gasteiger partial charge in [0.05, 0.1) is 6.54 Å². The summed E-state index contributed by atoms with van der Waals surface area (Å²) in [6, 6.07) is 6.83. The molecule has 5 heteroatoms. The summed E-state index contributed by atoms with van der Waals surface area (Å²) in [6.07, 6.45) is 0.661. The predicted molar refractivity (Wildman–Crippen MR) is 78.9 cm³/mol. The van der Waals surface area contributed by atoms with Crippen LogP contribution in [0.2, 0.25) is 0 Å². The van der Waals surface area contributed by atoms with Crippen LogP contribution in [-0.4, -0.2) is 47.9 Å². The molecule has 0 aliphatic carbocycles. The smallest absolute Gasteiger partial charge is 0.238 e. The highest BCUT2D eigenvalue weighted by Crippen LogP contribution is 2.10. The molecule has 1 aromatic carbocycles. The Bertz CT molecular complexity index is 443. The van der Waals surface area contributed by atoms with E-state index in [1.54, 1.807) is 24.3 Å². The van der Waals surface area contributed by atoms with Gasteiger partial charge in [-0.2, -0.15) is 0 Å². The number of anilines is 1. The Kier molecular flexibility index (Phi) is 6.90. The van der Waals surface area contributed by atoms with Crippen LogP contribution in [-0.2, 0) is 4.79 Å². The molecule has 2 N–H and O–H groups in total. The first-order valence-electron chi connectivity index (χ1n) is 6.81. The maximum Gasteiger partial charge on any atom is 0.238 e. The first-order valence-corrected chi connectivity index (χ1v) is 6.81. The molecule has 0 spiro atoms. The number of carbonyl (C=O) groups is 2. The van der Waals surface area contributed by atoms with Crippen LogP contribution in [0.15, 0.2) is 24.3 Å². The fourth-order valence-corrected chi connectivity index (χ4v) is 1.84. The van der Waals surface area contributed by atoms with Crippen molar-refractivity contribution in [3.63, 3.8) is 0 Å². The van der Waals surface area contributed by atoms with Gasteiger partial charge in [0.2, 0.25) is 5.91 Å². The number of aliphatic hydroxyl groups is 1. The van der Waals surface area contributed by atoms with Gasteiger partial charge in [0.25, 0.3) is 0 Å². The minimum atomic E-state index is -0.0969. The molecule has 0 saturated heterocycles. The molecule has 5 nitrogen and oxygen atoms in total. The van der Waals surface area contributed by atoms with Crippen molar-refractivity contribution in [3.05, 3.63) is 29.8 Å². The molecule has 0 radical (unpaired) electrons. The van der Waals surface area contributed by atoms with Gasteiger partial charge in [-0.05, 0) is 44.2 Å². The molecule has 1 aromatic rings. The van der Waals surface area contributed by atoms with Crippen molar-refractivity contribution in [2.75, 3.05) is 31.6 Å². The van der Waals surface area contributed by atoms with Gasteiger partial charge in [-0.15, -0.1) is 0 Å². The highest BCUT2D eigenvalue weighted by atomic mass is 16.3. The molecule has 0 aromatic heterocycles. The third-order valence-corrected chi connectivity index (χ3v) is 3.02. The SMILES string of the molecule is CCN(CCCO)CC(=O)Nc1ccc(C(C)=O)cc1. The van der Waals surface area contributed by atoms with Crippen LogP contribution >= 0.6 is 0 Å². The van der Waals surface area contributed by atoms with Crippen molar-refractivity contribution in [1.82, 2.24) is 4.90 Å². The van der Waals surface area contributed by atoms with Gasteiger partial charge >= 0.3 is 0 Å². The number of nitrogens with zero attached hydrogens (tertiary/aromatic N) is 1. The Balaban J connectivity index is 2.50. The molecule has 0 aliphatic heterocycles. The van der Waals surface area contributed by atoms with Crippen molar-refractivity contribution in [3.8, 4) is 0 Å². The minimum absolute atomic E-state index is 0.00374. The zero-order chi connectivity index (χ0) is 15.0. The maximum atomic E-state index is 11.9. The average molecular weight is 278 g/mol. The van der Waals surface area contributed by atoms with Crippen LogP contribution < -0.4 is 5.32 Å². The van der Waals surface area contributed by atoms with Crippen molar-refractivity contribution < 1.29 is 14.7 Å². The van der Waals surface area contributed by atoms with Gasteiger partial charge in [-0.25, -0.2) is 0 Å². The topological polar surface area (TPSA) is 69.6 Å². The van der Waals surface area contributed by atoms with Crippen LogP contribution in [0.25, 0.3) is 0 Å². The standard InChI is InChI=1S/C15H22N2O3/c1-3-17(9-4-10-18)11-15(20)16-14-7-5-13(6-8-14)12(2)19/h5-8,18H,3-4,9-11H2,1-2H3,(H,16,20). The monoisotopic (exact) mass is 278 g/mol. The fraction of sp³-hybridized carbons (Fsp3) is 0.467. The summed E-state index contributed by atoms with van der Waals surface area (Å²) in [5, 5.41) is 11.6. The van der Waals surface area contributed by atoms with E-state index >= 15 is 0 Å². The van der Waals surface area contributed by atoms with E-state index in [0.717, 1.165) is 6.54 Å². The molecule has 0 saturated carbocycles. The largest absolute Gasteiger partial charge is 0.396 e. The number of carbonyl (C=O) groups excluding carboxylic acids is 2. The van der Waals surface area contributed by atoms with E-state index in [1.165, 1.54) is 6.92 Å². The van der Waals surface area contributed by atoms with Crippen LogP contribution in [0.4, 0.5) is 5.69 Å². The van der Waals surface area contributed by atoms with E-state index in [0.29, 0.717) is 30.8 Å². The van der Waals surface area contributed by atoms with Crippen molar-refractivity contribution >= 4 is 17.4 Å². The van der Waals surface area contributed by atoms with Gasteiger partial charge in [0, 0.05) is 24.4 Å². The molecule has 0 unspecified atom stereocenters. The summed E-state index contributed by atoms with van der Waals surface area (Å²) in [7, 11) is 0. The number of benzene rings is 1.